The van der Waals surface area contributed by atoms with Crippen LogP contribution >= 0.6 is 0 Å². The fourth-order valence-corrected chi connectivity index (χ4v) is 4.13. The number of nitrogens with zero attached hydrogens (tertiary/aromatic N) is 1. The van der Waals surface area contributed by atoms with E-state index in [4.69, 9.17) is 4.99 Å². The molecule has 1 aliphatic rings. The van der Waals surface area contributed by atoms with E-state index in [-0.39, 0.29) is 0 Å². The summed E-state index contributed by atoms with van der Waals surface area (Å²) in [5, 5.41) is 0. The lowest BCUT2D eigenvalue weighted by atomic mass is 9.87. The Morgan fingerprint density at radius 1 is 0.375 bits per heavy atom. The molecule has 0 fully saturated rings. The topological polar surface area (TPSA) is 12.4 Å². The molecular formula is C31H23N. The first kappa shape index (κ1) is 19.7. The van der Waals surface area contributed by atoms with Crippen molar-refractivity contribution in [1.29, 1.82) is 0 Å². The van der Waals surface area contributed by atoms with Gasteiger partial charge in [0.15, 0.2) is 0 Å². The van der Waals surface area contributed by atoms with E-state index >= 15 is 0 Å². The normalized spacial score (nSPS) is 15.5. The number of fused-ring (bicyclic) bond motifs is 7. The van der Waals surface area contributed by atoms with E-state index in [0.717, 1.165) is 11.3 Å². The summed E-state index contributed by atoms with van der Waals surface area (Å²) in [5.41, 5.74) is 9.31. The number of aliphatic imine (C=N–C) groups is 1. The minimum absolute atomic E-state index is 0.957. The van der Waals surface area contributed by atoms with E-state index in [1.807, 2.05) is 36.6 Å². The van der Waals surface area contributed by atoms with Gasteiger partial charge in [0.25, 0.3) is 0 Å². The van der Waals surface area contributed by atoms with Crippen molar-refractivity contribution in [3.8, 4) is 33.4 Å². The summed E-state index contributed by atoms with van der Waals surface area (Å²) in [6.45, 7) is 0. The quantitative estimate of drug-likeness (QED) is 0.276. The summed E-state index contributed by atoms with van der Waals surface area (Å²) < 4.78 is 0. The van der Waals surface area contributed by atoms with Gasteiger partial charge in [-0.25, -0.2) is 0 Å². The van der Waals surface area contributed by atoms with Gasteiger partial charge in [-0.05, 0) is 45.5 Å². The monoisotopic (exact) mass is 409 g/mol. The average Bonchev–Trinajstić information content (AvgIpc) is 2.86. The molecule has 0 atom stereocenters. The Bertz CT molecular complexity index is 1260. The van der Waals surface area contributed by atoms with Crippen LogP contribution in [0.4, 0.5) is 5.69 Å². The second kappa shape index (κ2) is 9.28. The van der Waals surface area contributed by atoms with E-state index in [2.05, 4.69) is 103 Å². The van der Waals surface area contributed by atoms with Crippen LogP contribution in [0.1, 0.15) is 5.56 Å². The summed E-state index contributed by atoms with van der Waals surface area (Å²) in [4.78, 5) is 4.74. The Labute approximate surface area is 189 Å². The van der Waals surface area contributed by atoms with Gasteiger partial charge in [0.1, 0.15) is 0 Å². The van der Waals surface area contributed by atoms with Gasteiger partial charge in [-0.3, -0.25) is 4.99 Å². The molecule has 0 unspecified atom stereocenters. The zero-order chi connectivity index (χ0) is 21.6. The standard InChI is InChI=1S/C31H23N/c1-2-4-14-24-15-5-6-16-25(24)26-17-7-8-18-27(26)28-19-9-10-20-29(28)30-21-11-12-22-31(30)32-23-13-3-1/h1-23H/b2-1-,3-1?,4-2?,13-3-,14-4-,23-13?,24-14?,26-25?,28-27?,30-29?,32-23?,32-31?. The number of benzene rings is 4. The molecule has 0 aromatic heterocycles. The van der Waals surface area contributed by atoms with Gasteiger partial charge in [0.2, 0.25) is 0 Å². The summed E-state index contributed by atoms with van der Waals surface area (Å²) in [7, 11) is 0. The first-order valence-electron chi connectivity index (χ1n) is 10.8. The molecule has 0 N–H and O–H groups in total. The van der Waals surface area contributed by atoms with Crippen LogP contribution in [-0.4, -0.2) is 6.21 Å². The molecule has 0 saturated heterocycles. The van der Waals surface area contributed by atoms with Gasteiger partial charge in [-0.2, -0.15) is 0 Å². The van der Waals surface area contributed by atoms with Gasteiger partial charge >= 0.3 is 0 Å². The van der Waals surface area contributed by atoms with Crippen molar-refractivity contribution < 1.29 is 0 Å². The predicted octanol–water partition coefficient (Wildman–Crippen LogP) is 8.53. The van der Waals surface area contributed by atoms with E-state index < -0.39 is 0 Å². The van der Waals surface area contributed by atoms with E-state index in [9.17, 15) is 0 Å². The molecule has 4 aromatic carbocycles. The van der Waals surface area contributed by atoms with Crippen molar-refractivity contribution >= 4 is 18.0 Å². The van der Waals surface area contributed by atoms with Crippen molar-refractivity contribution in [2.45, 2.75) is 0 Å². The Kier molecular flexibility index (Phi) is 5.72. The number of para-hydroxylation sites is 1. The molecule has 4 aromatic rings. The number of hydrogen-bond donors (Lipinski definition) is 0. The van der Waals surface area contributed by atoms with E-state index in [1.54, 1.807) is 0 Å². The second-order valence-electron chi connectivity index (χ2n) is 7.60. The summed E-state index contributed by atoms with van der Waals surface area (Å²) >= 11 is 0. The highest BCUT2D eigenvalue weighted by molar-refractivity contribution is 5.96. The van der Waals surface area contributed by atoms with Crippen LogP contribution in [0.5, 0.6) is 0 Å². The molecule has 152 valence electrons. The van der Waals surface area contributed by atoms with Gasteiger partial charge in [0.05, 0.1) is 5.69 Å². The molecule has 5 rings (SSSR count). The first-order valence-corrected chi connectivity index (χ1v) is 10.8. The lowest BCUT2D eigenvalue weighted by Crippen LogP contribution is -1.91. The fourth-order valence-electron chi connectivity index (χ4n) is 4.13. The third-order valence-corrected chi connectivity index (χ3v) is 5.61. The number of hydrogen-bond acceptors (Lipinski definition) is 1. The largest absolute Gasteiger partial charge is 0.256 e. The maximum atomic E-state index is 4.74. The highest BCUT2D eigenvalue weighted by atomic mass is 14.7. The molecule has 0 aliphatic carbocycles. The van der Waals surface area contributed by atoms with Crippen molar-refractivity contribution in [1.82, 2.24) is 0 Å². The smallest absolute Gasteiger partial charge is 0.0708 e. The zero-order valence-corrected chi connectivity index (χ0v) is 17.7. The maximum absolute atomic E-state index is 4.74. The lowest BCUT2D eigenvalue weighted by molar-refractivity contribution is 1.51. The summed E-state index contributed by atoms with van der Waals surface area (Å²) in [5.74, 6) is 0. The van der Waals surface area contributed by atoms with E-state index in [0.29, 0.717) is 0 Å². The van der Waals surface area contributed by atoms with Crippen molar-refractivity contribution in [2.24, 2.45) is 4.99 Å². The highest BCUT2D eigenvalue weighted by Gasteiger charge is 2.15. The van der Waals surface area contributed by atoms with Crippen LogP contribution in [0.15, 0.2) is 132 Å². The molecule has 0 radical (unpaired) electrons. The van der Waals surface area contributed by atoms with Gasteiger partial charge in [-0.15, -0.1) is 0 Å². The molecule has 0 bridgehead atoms. The third kappa shape index (κ3) is 4.01. The molecule has 1 aliphatic heterocycles. The SMILES string of the molecule is C1=Nc2ccccc2-c2ccccc2-c2ccccc2-c2ccccc2\C=C/C=C\C=C/1. The third-order valence-electron chi connectivity index (χ3n) is 5.61. The highest BCUT2D eigenvalue weighted by Crippen LogP contribution is 2.41. The molecule has 1 nitrogen and oxygen atoms in total. The number of allylic oxidation sites excluding steroid dienone is 5. The Balaban J connectivity index is 1.82. The van der Waals surface area contributed by atoms with Crippen molar-refractivity contribution in [2.75, 3.05) is 0 Å². The van der Waals surface area contributed by atoms with Crippen molar-refractivity contribution in [3.63, 3.8) is 0 Å². The molecule has 32 heavy (non-hydrogen) atoms. The Hall–Kier alpha value is -4.23. The van der Waals surface area contributed by atoms with Gasteiger partial charge in [0, 0.05) is 11.8 Å². The van der Waals surface area contributed by atoms with Crippen LogP contribution in [0, 0.1) is 0 Å². The Morgan fingerprint density at radius 3 is 1.56 bits per heavy atom. The van der Waals surface area contributed by atoms with Crippen LogP contribution in [-0.2, 0) is 0 Å². The van der Waals surface area contributed by atoms with E-state index in [1.165, 1.54) is 33.4 Å². The summed E-state index contributed by atoms with van der Waals surface area (Å²) in [6, 6.07) is 34.2. The zero-order valence-electron chi connectivity index (χ0n) is 17.7. The van der Waals surface area contributed by atoms with Gasteiger partial charge < -0.3 is 0 Å². The van der Waals surface area contributed by atoms with Crippen LogP contribution in [0.25, 0.3) is 39.5 Å². The fraction of sp³-hybridized carbons (Fsp3) is 0. The molecule has 0 saturated carbocycles. The minimum atomic E-state index is 0.957. The molecule has 1 heteroatoms. The average molecular weight is 410 g/mol. The molecule has 1 heterocycles. The number of rotatable bonds is 0. The van der Waals surface area contributed by atoms with Crippen LogP contribution in [0.2, 0.25) is 0 Å². The molecule has 0 spiro atoms. The van der Waals surface area contributed by atoms with Crippen molar-refractivity contribution in [3.05, 3.63) is 133 Å². The first-order chi connectivity index (χ1) is 15.9. The van der Waals surface area contributed by atoms with Crippen LogP contribution < -0.4 is 0 Å². The molecule has 0 amide bonds. The van der Waals surface area contributed by atoms with Gasteiger partial charge in [-0.1, -0.05) is 121 Å². The second-order valence-corrected chi connectivity index (χ2v) is 7.60. The lowest BCUT2D eigenvalue weighted by Gasteiger charge is -2.17. The maximum Gasteiger partial charge on any atom is 0.0708 e. The predicted molar refractivity (Wildman–Crippen MR) is 138 cm³/mol. The minimum Gasteiger partial charge on any atom is -0.256 e. The molecular weight excluding hydrogens is 386 g/mol. The Morgan fingerprint density at radius 2 is 0.844 bits per heavy atom. The summed E-state index contributed by atoms with van der Waals surface area (Å²) in [6.07, 6.45) is 14.1. The van der Waals surface area contributed by atoms with Crippen LogP contribution in [0.3, 0.4) is 0 Å².